The molecule has 0 bridgehead atoms. The number of benzene rings is 2. The van der Waals surface area contributed by atoms with Gasteiger partial charge in [-0.25, -0.2) is 0 Å². The summed E-state index contributed by atoms with van der Waals surface area (Å²) in [5.74, 6) is 1.67. The molecule has 3 nitrogen and oxygen atoms in total. The van der Waals surface area contributed by atoms with Gasteiger partial charge in [-0.1, -0.05) is 53.7 Å². The summed E-state index contributed by atoms with van der Waals surface area (Å²) in [5.41, 5.74) is 4.03. The van der Waals surface area contributed by atoms with Crippen LogP contribution in [-0.2, 0) is 6.61 Å². The lowest BCUT2D eigenvalue weighted by molar-refractivity contribution is 0.246. The lowest BCUT2D eigenvalue weighted by Gasteiger charge is -2.16. The monoisotopic (exact) mass is 249 g/mol. The highest BCUT2D eigenvalue weighted by molar-refractivity contribution is 5.85. The Morgan fingerprint density at radius 1 is 0.895 bits per heavy atom. The molecule has 19 heavy (non-hydrogen) atoms. The molecule has 2 aromatic carbocycles. The van der Waals surface area contributed by atoms with Crippen molar-refractivity contribution in [2.75, 3.05) is 0 Å². The second-order valence-corrected chi connectivity index (χ2v) is 4.48. The normalized spacial score (nSPS) is 12.4. The third kappa shape index (κ3) is 1.55. The highest BCUT2D eigenvalue weighted by Gasteiger charge is 2.25. The molecular formula is C16H11NO2. The highest BCUT2D eigenvalue weighted by atomic mass is 16.5. The zero-order valence-corrected chi connectivity index (χ0v) is 10.2. The van der Waals surface area contributed by atoms with Crippen LogP contribution in [-0.4, -0.2) is 5.16 Å². The van der Waals surface area contributed by atoms with Crippen LogP contribution in [0.1, 0.15) is 5.76 Å². The van der Waals surface area contributed by atoms with E-state index in [1.165, 1.54) is 0 Å². The van der Waals surface area contributed by atoms with Crippen molar-refractivity contribution in [1.82, 2.24) is 5.16 Å². The molecule has 0 amide bonds. The van der Waals surface area contributed by atoms with Gasteiger partial charge in [-0.15, -0.1) is 0 Å². The first-order chi connectivity index (χ1) is 9.43. The van der Waals surface area contributed by atoms with Crippen LogP contribution >= 0.6 is 0 Å². The molecule has 2 heterocycles. The average Bonchev–Trinajstić information content (AvgIpc) is 2.92. The number of para-hydroxylation sites is 1. The van der Waals surface area contributed by atoms with Gasteiger partial charge < -0.3 is 9.26 Å². The standard InChI is InChI=1S/C16H11NO2/c1-2-6-11(7-3-1)16-15-12-8-4-5-9-13(12)18-10-14(15)19-17-16/h1-9H,10H2. The predicted octanol–water partition coefficient (Wildman–Crippen LogP) is 3.90. The molecule has 0 saturated heterocycles. The van der Waals surface area contributed by atoms with Crippen LogP contribution in [0.15, 0.2) is 59.1 Å². The van der Waals surface area contributed by atoms with Crippen LogP contribution in [0.3, 0.4) is 0 Å². The Balaban J connectivity index is 1.97. The number of hydrogen-bond donors (Lipinski definition) is 0. The molecular weight excluding hydrogens is 238 g/mol. The summed E-state index contributed by atoms with van der Waals surface area (Å²) in [6.07, 6.45) is 0. The average molecular weight is 249 g/mol. The zero-order valence-electron chi connectivity index (χ0n) is 10.2. The molecule has 0 aliphatic carbocycles. The fourth-order valence-electron chi connectivity index (χ4n) is 2.44. The van der Waals surface area contributed by atoms with E-state index in [1.807, 2.05) is 54.6 Å². The fraction of sp³-hybridized carbons (Fsp3) is 0.0625. The van der Waals surface area contributed by atoms with Gasteiger partial charge in [0.25, 0.3) is 0 Å². The minimum absolute atomic E-state index is 0.437. The van der Waals surface area contributed by atoms with E-state index in [0.717, 1.165) is 33.9 Å². The van der Waals surface area contributed by atoms with E-state index in [4.69, 9.17) is 9.26 Å². The second kappa shape index (κ2) is 3.99. The number of ether oxygens (including phenoxy) is 1. The Labute approximate surface area is 110 Å². The molecule has 0 saturated carbocycles. The molecule has 1 aromatic heterocycles. The van der Waals surface area contributed by atoms with E-state index >= 15 is 0 Å². The molecule has 0 fully saturated rings. The second-order valence-electron chi connectivity index (χ2n) is 4.48. The van der Waals surface area contributed by atoms with E-state index < -0.39 is 0 Å². The minimum Gasteiger partial charge on any atom is -0.485 e. The molecule has 0 unspecified atom stereocenters. The molecule has 0 radical (unpaired) electrons. The largest absolute Gasteiger partial charge is 0.485 e. The van der Waals surface area contributed by atoms with Crippen molar-refractivity contribution in [2.45, 2.75) is 6.61 Å². The van der Waals surface area contributed by atoms with E-state index in [2.05, 4.69) is 5.16 Å². The summed E-state index contributed by atoms with van der Waals surface area (Å²) in [6, 6.07) is 18.1. The third-order valence-electron chi connectivity index (χ3n) is 3.33. The molecule has 3 heteroatoms. The van der Waals surface area contributed by atoms with E-state index in [9.17, 15) is 0 Å². The minimum atomic E-state index is 0.437. The van der Waals surface area contributed by atoms with Crippen LogP contribution in [0.25, 0.3) is 22.4 Å². The number of fused-ring (bicyclic) bond motifs is 3. The van der Waals surface area contributed by atoms with Crippen molar-refractivity contribution in [3.63, 3.8) is 0 Å². The Bertz CT molecular complexity index is 732. The maximum atomic E-state index is 5.67. The van der Waals surface area contributed by atoms with Crippen LogP contribution in [0.5, 0.6) is 5.75 Å². The van der Waals surface area contributed by atoms with E-state index in [1.54, 1.807) is 0 Å². The number of hydrogen-bond acceptors (Lipinski definition) is 3. The first-order valence-corrected chi connectivity index (χ1v) is 6.19. The quantitative estimate of drug-likeness (QED) is 0.656. The number of rotatable bonds is 1. The van der Waals surface area contributed by atoms with Gasteiger partial charge in [-0.2, -0.15) is 0 Å². The van der Waals surface area contributed by atoms with Crippen molar-refractivity contribution in [3.05, 3.63) is 60.4 Å². The predicted molar refractivity (Wildman–Crippen MR) is 71.7 cm³/mol. The summed E-state index contributed by atoms with van der Waals surface area (Å²) >= 11 is 0. The van der Waals surface area contributed by atoms with Gasteiger partial charge in [0.2, 0.25) is 0 Å². The summed E-state index contributed by atoms with van der Waals surface area (Å²) < 4.78 is 11.1. The Morgan fingerprint density at radius 2 is 1.68 bits per heavy atom. The van der Waals surface area contributed by atoms with Gasteiger partial charge in [0.15, 0.2) is 5.76 Å². The summed E-state index contributed by atoms with van der Waals surface area (Å²) in [7, 11) is 0. The molecule has 1 aliphatic rings. The molecule has 3 aromatic rings. The van der Waals surface area contributed by atoms with Gasteiger partial charge >= 0.3 is 0 Å². The lowest BCUT2D eigenvalue weighted by Crippen LogP contribution is -2.03. The molecule has 0 N–H and O–H groups in total. The molecule has 0 spiro atoms. The fourth-order valence-corrected chi connectivity index (χ4v) is 2.44. The maximum Gasteiger partial charge on any atom is 0.182 e. The van der Waals surface area contributed by atoms with Crippen molar-refractivity contribution < 1.29 is 9.26 Å². The van der Waals surface area contributed by atoms with Gasteiger partial charge in [0.1, 0.15) is 18.1 Å². The number of aromatic nitrogens is 1. The van der Waals surface area contributed by atoms with Crippen molar-refractivity contribution in [3.8, 4) is 28.1 Å². The van der Waals surface area contributed by atoms with E-state index in [0.29, 0.717) is 6.61 Å². The van der Waals surface area contributed by atoms with Gasteiger partial charge in [0.05, 0.1) is 5.56 Å². The molecule has 92 valence electrons. The number of nitrogens with zero attached hydrogens (tertiary/aromatic N) is 1. The van der Waals surface area contributed by atoms with Gasteiger partial charge in [0, 0.05) is 11.1 Å². The Hall–Kier alpha value is -2.55. The van der Waals surface area contributed by atoms with Gasteiger partial charge in [-0.3, -0.25) is 0 Å². The van der Waals surface area contributed by atoms with Crippen molar-refractivity contribution in [2.24, 2.45) is 0 Å². The van der Waals surface area contributed by atoms with Gasteiger partial charge in [-0.05, 0) is 6.07 Å². The highest BCUT2D eigenvalue weighted by Crippen LogP contribution is 2.42. The Morgan fingerprint density at radius 3 is 2.58 bits per heavy atom. The maximum absolute atomic E-state index is 5.67. The first kappa shape index (κ1) is 10.4. The van der Waals surface area contributed by atoms with Crippen LogP contribution in [0.4, 0.5) is 0 Å². The van der Waals surface area contributed by atoms with Crippen LogP contribution in [0, 0.1) is 0 Å². The SMILES string of the molecule is c1ccc(-c2noc3c2-c2ccccc2OC3)cc1. The summed E-state index contributed by atoms with van der Waals surface area (Å²) in [4.78, 5) is 0. The smallest absolute Gasteiger partial charge is 0.182 e. The summed E-state index contributed by atoms with van der Waals surface area (Å²) in [5, 5.41) is 4.21. The summed E-state index contributed by atoms with van der Waals surface area (Å²) in [6.45, 7) is 0.437. The van der Waals surface area contributed by atoms with Crippen molar-refractivity contribution in [1.29, 1.82) is 0 Å². The molecule has 4 rings (SSSR count). The third-order valence-corrected chi connectivity index (χ3v) is 3.33. The van der Waals surface area contributed by atoms with Crippen LogP contribution < -0.4 is 4.74 Å². The Kier molecular flexibility index (Phi) is 2.18. The first-order valence-electron chi connectivity index (χ1n) is 6.19. The van der Waals surface area contributed by atoms with Crippen molar-refractivity contribution >= 4 is 0 Å². The van der Waals surface area contributed by atoms with Crippen LogP contribution in [0.2, 0.25) is 0 Å². The lowest BCUT2D eigenvalue weighted by atomic mass is 9.97. The zero-order chi connectivity index (χ0) is 12.7. The topological polar surface area (TPSA) is 35.3 Å². The molecule has 1 aliphatic heterocycles. The molecule has 0 atom stereocenters. The van der Waals surface area contributed by atoms with E-state index in [-0.39, 0.29) is 0 Å².